The van der Waals surface area contributed by atoms with Crippen LogP contribution in [0.2, 0.25) is 0 Å². The Morgan fingerprint density at radius 2 is 1.89 bits per heavy atom. The lowest BCUT2D eigenvalue weighted by Gasteiger charge is -2.11. The molecule has 0 bridgehead atoms. The van der Waals surface area contributed by atoms with E-state index in [1.54, 1.807) is 13.8 Å². The Morgan fingerprint density at radius 1 is 1.15 bits per heavy atom. The van der Waals surface area contributed by atoms with Gasteiger partial charge in [0.1, 0.15) is 16.2 Å². The summed E-state index contributed by atoms with van der Waals surface area (Å²) in [5.74, 6) is -1.04. The van der Waals surface area contributed by atoms with Crippen LogP contribution in [0.5, 0.6) is 5.75 Å². The van der Waals surface area contributed by atoms with Gasteiger partial charge in [-0.3, -0.25) is 4.79 Å². The molecule has 3 aromatic rings. The second-order valence-electron chi connectivity index (χ2n) is 6.00. The van der Waals surface area contributed by atoms with Crippen LogP contribution in [0.15, 0.2) is 44.4 Å². The third-order valence-corrected chi connectivity index (χ3v) is 5.99. The van der Waals surface area contributed by atoms with Crippen molar-refractivity contribution in [2.75, 3.05) is 12.4 Å². The molecule has 1 aromatic heterocycles. The summed E-state index contributed by atoms with van der Waals surface area (Å²) < 4.78 is 36.5. The molecule has 0 atom stereocenters. The maximum Gasteiger partial charge on any atom is 0.335 e. The van der Waals surface area contributed by atoms with E-state index in [1.165, 1.54) is 30.3 Å². The van der Waals surface area contributed by atoms with Gasteiger partial charge in [0, 0.05) is 6.07 Å². The van der Waals surface area contributed by atoms with Crippen molar-refractivity contribution in [1.82, 2.24) is 0 Å². The van der Waals surface area contributed by atoms with Crippen molar-refractivity contribution in [3.05, 3.63) is 46.1 Å². The maximum absolute atomic E-state index is 13.0. The standard InChI is InChI=1S/C19H18O7S/c1-3-7-27(23,24)16-10-12(25-4-2)9-14-17(20)13-8-11(19(21)22)5-6-15(13)26-18(14)16/h5-6,8-10H,3-4,7H2,1-2H3,(H,21,22). The summed E-state index contributed by atoms with van der Waals surface area (Å²) in [5, 5.41) is 9.24. The quantitative estimate of drug-likeness (QED) is 0.643. The van der Waals surface area contributed by atoms with Crippen molar-refractivity contribution in [1.29, 1.82) is 0 Å². The predicted molar refractivity (Wildman–Crippen MR) is 100 cm³/mol. The first-order valence-electron chi connectivity index (χ1n) is 8.42. The van der Waals surface area contributed by atoms with Crippen molar-refractivity contribution in [3.8, 4) is 5.75 Å². The van der Waals surface area contributed by atoms with Gasteiger partial charge in [-0.15, -0.1) is 0 Å². The zero-order valence-corrected chi connectivity index (χ0v) is 15.6. The smallest absolute Gasteiger partial charge is 0.335 e. The van der Waals surface area contributed by atoms with Crippen molar-refractivity contribution in [2.45, 2.75) is 25.2 Å². The highest BCUT2D eigenvalue weighted by atomic mass is 32.2. The summed E-state index contributed by atoms with van der Waals surface area (Å²) in [5.41, 5.74) is -0.500. The van der Waals surface area contributed by atoms with E-state index in [9.17, 15) is 18.0 Å². The summed E-state index contributed by atoms with van der Waals surface area (Å²) in [6, 6.07) is 6.65. The molecule has 0 amide bonds. The molecule has 1 N–H and O–H groups in total. The van der Waals surface area contributed by atoms with Crippen LogP contribution in [0.4, 0.5) is 0 Å². The molecule has 0 saturated carbocycles. The molecular weight excluding hydrogens is 372 g/mol. The first-order chi connectivity index (χ1) is 12.8. The fourth-order valence-corrected chi connectivity index (χ4v) is 4.38. The van der Waals surface area contributed by atoms with E-state index in [2.05, 4.69) is 0 Å². The lowest BCUT2D eigenvalue weighted by molar-refractivity contribution is 0.0697. The van der Waals surface area contributed by atoms with Crippen molar-refractivity contribution in [3.63, 3.8) is 0 Å². The van der Waals surface area contributed by atoms with Crippen LogP contribution in [0.1, 0.15) is 30.6 Å². The van der Waals surface area contributed by atoms with Crippen LogP contribution in [0, 0.1) is 0 Å². The van der Waals surface area contributed by atoms with Gasteiger partial charge < -0.3 is 14.3 Å². The van der Waals surface area contributed by atoms with Crippen LogP contribution in [0.3, 0.4) is 0 Å². The summed E-state index contributed by atoms with van der Waals surface area (Å²) in [6.07, 6.45) is 0.405. The van der Waals surface area contributed by atoms with E-state index < -0.39 is 21.2 Å². The Balaban J connectivity index is 2.45. The van der Waals surface area contributed by atoms with Gasteiger partial charge in [-0.25, -0.2) is 13.2 Å². The zero-order valence-electron chi connectivity index (χ0n) is 14.8. The maximum atomic E-state index is 13.0. The molecular formula is C19H18O7S. The summed E-state index contributed by atoms with van der Waals surface area (Å²) in [6.45, 7) is 3.78. The van der Waals surface area contributed by atoms with Gasteiger partial charge in [-0.2, -0.15) is 0 Å². The summed E-state index contributed by atoms with van der Waals surface area (Å²) in [4.78, 5) is 24.0. The zero-order chi connectivity index (χ0) is 19.8. The molecule has 27 heavy (non-hydrogen) atoms. The molecule has 3 rings (SSSR count). The van der Waals surface area contributed by atoms with Gasteiger partial charge in [-0.1, -0.05) is 6.92 Å². The molecule has 0 spiro atoms. The minimum absolute atomic E-state index is 0.0330. The SMILES string of the molecule is CCCS(=O)(=O)c1cc(OCC)cc2c(=O)c3cc(C(=O)O)ccc3oc12. The molecule has 2 aromatic carbocycles. The number of carboxylic acids is 1. The molecule has 7 nitrogen and oxygen atoms in total. The van der Waals surface area contributed by atoms with E-state index >= 15 is 0 Å². The molecule has 1 heterocycles. The predicted octanol–water partition coefficient (Wildman–Crippen LogP) is 3.23. The Hall–Kier alpha value is -2.87. The molecule has 0 saturated heterocycles. The third kappa shape index (κ3) is 3.40. The molecule has 142 valence electrons. The lowest BCUT2D eigenvalue weighted by Crippen LogP contribution is -2.11. The molecule has 0 radical (unpaired) electrons. The average molecular weight is 390 g/mol. The Labute approximate surface area is 155 Å². The van der Waals surface area contributed by atoms with E-state index in [4.69, 9.17) is 14.3 Å². The fourth-order valence-electron chi connectivity index (χ4n) is 2.90. The third-order valence-electron chi connectivity index (χ3n) is 4.08. The van der Waals surface area contributed by atoms with Gasteiger partial charge >= 0.3 is 5.97 Å². The van der Waals surface area contributed by atoms with E-state index in [0.717, 1.165) is 0 Å². The number of ether oxygens (including phenoxy) is 1. The van der Waals surface area contributed by atoms with Crippen molar-refractivity contribution in [2.24, 2.45) is 0 Å². The minimum atomic E-state index is -3.69. The number of aromatic carboxylic acids is 1. The number of hydrogen-bond acceptors (Lipinski definition) is 6. The van der Waals surface area contributed by atoms with Gasteiger partial charge in [0.25, 0.3) is 0 Å². The average Bonchev–Trinajstić information content (AvgIpc) is 2.61. The Bertz CT molecular complexity index is 1210. The van der Waals surface area contributed by atoms with Crippen LogP contribution < -0.4 is 10.2 Å². The number of fused-ring (bicyclic) bond motifs is 2. The van der Waals surface area contributed by atoms with Crippen LogP contribution in [-0.4, -0.2) is 31.9 Å². The molecule has 0 aliphatic carbocycles. The number of sulfone groups is 1. The van der Waals surface area contributed by atoms with E-state index in [-0.39, 0.29) is 43.9 Å². The van der Waals surface area contributed by atoms with Gasteiger partial charge in [0.05, 0.1) is 28.7 Å². The highest BCUT2D eigenvalue weighted by Crippen LogP contribution is 2.31. The normalized spacial score (nSPS) is 11.8. The molecule has 0 fully saturated rings. The highest BCUT2D eigenvalue weighted by Gasteiger charge is 2.23. The Morgan fingerprint density at radius 3 is 2.52 bits per heavy atom. The largest absolute Gasteiger partial charge is 0.494 e. The lowest BCUT2D eigenvalue weighted by atomic mass is 10.1. The number of benzene rings is 2. The van der Waals surface area contributed by atoms with Gasteiger partial charge in [0.2, 0.25) is 5.43 Å². The van der Waals surface area contributed by atoms with Gasteiger partial charge in [0.15, 0.2) is 15.4 Å². The number of carbonyl (C=O) groups is 1. The molecule has 0 unspecified atom stereocenters. The monoisotopic (exact) mass is 390 g/mol. The fraction of sp³-hybridized carbons (Fsp3) is 0.263. The van der Waals surface area contributed by atoms with Crippen LogP contribution in [0.25, 0.3) is 21.9 Å². The van der Waals surface area contributed by atoms with E-state index in [1.807, 2.05) is 0 Å². The van der Waals surface area contributed by atoms with Crippen LogP contribution in [-0.2, 0) is 9.84 Å². The molecule has 0 aliphatic rings. The summed E-state index contributed by atoms with van der Waals surface area (Å²) in [7, 11) is -3.69. The summed E-state index contributed by atoms with van der Waals surface area (Å²) >= 11 is 0. The second-order valence-corrected chi connectivity index (χ2v) is 8.07. The molecule has 8 heteroatoms. The number of rotatable bonds is 6. The second kappa shape index (κ2) is 7.03. The number of carboxylic acid groups (broad SMARTS) is 1. The van der Waals surface area contributed by atoms with Crippen molar-refractivity contribution >= 4 is 37.7 Å². The van der Waals surface area contributed by atoms with E-state index in [0.29, 0.717) is 13.0 Å². The van der Waals surface area contributed by atoms with Gasteiger partial charge in [-0.05, 0) is 37.6 Å². The number of hydrogen-bond donors (Lipinski definition) is 1. The minimum Gasteiger partial charge on any atom is -0.494 e. The first kappa shape index (κ1) is 18.9. The van der Waals surface area contributed by atoms with Crippen molar-refractivity contribution < 1.29 is 27.5 Å². The highest BCUT2D eigenvalue weighted by molar-refractivity contribution is 7.91. The first-order valence-corrected chi connectivity index (χ1v) is 10.1. The Kier molecular flexibility index (Phi) is 4.93. The van der Waals surface area contributed by atoms with Crippen LogP contribution >= 0.6 is 0 Å². The topological polar surface area (TPSA) is 111 Å². The molecule has 0 aliphatic heterocycles.